The first kappa shape index (κ1) is 25.4. The van der Waals surface area contributed by atoms with Crippen molar-refractivity contribution >= 4 is 38.8 Å². The molecular weight excluding hydrogens is 476 g/mol. The Morgan fingerprint density at radius 1 is 0.806 bits per heavy atom. The molecule has 8 nitrogen and oxygen atoms in total. The van der Waals surface area contributed by atoms with Crippen molar-refractivity contribution in [3.05, 3.63) is 83.9 Å². The molecule has 3 aromatic rings. The molecule has 1 amide bonds. The predicted octanol–water partition coefficient (Wildman–Crippen LogP) is 4.24. The summed E-state index contributed by atoms with van der Waals surface area (Å²) < 4.78 is 32.1. The van der Waals surface area contributed by atoms with E-state index in [0.717, 1.165) is 22.5 Å². The topological polar surface area (TPSA) is 93.5 Å². The van der Waals surface area contributed by atoms with Crippen molar-refractivity contribution in [2.24, 2.45) is 11.0 Å². The maximum Gasteiger partial charge on any atom is 0.294 e. The number of carbonyl (C=O) groups is 1. The summed E-state index contributed by atoms with van der Waals surface area (Å²) in [5, 5.41) is 5.86. The summed E-state index contributed by atoms with van der Waals surface area (Å²) in [5.74, 6) is -1.01. The maximum absolute atomic E-state index is 13.8. The minimum Gasteiger partial charge on any atom is -0.378 e. The van der Waals surface area contributed by atoms with Crippen LogP contribution in [0, 0.1) is 5.92 Å². The predicted molar refractivity (Wildman–Crippen MR) is 144 cm³/mol. The zero-order valence-electron chi connectivity index (χ0n) is 21.0. The van der Waals surface area contributed by atoms with Crippen LogP contribution in [0.2, 0.25) is 0 Å². The van der Waals surface area contributed by atoms with Crippen molar-refractivity contribution in [1.82, 2.24) is 0 Å². The van der Waals surface area contributed by atoms with E-state index in [2.05, 4.69) is 5.10 Å². The molecule has 1 aliphatic rings. The number of anilines is 3. The Balaban J connectivity index is 1.74. The SMILES string of the molecule is CC1=NN(c2ccc(S(=O)(=O)O)cc2)C(=O)[C@H]1C(c1ccc(N(C)C)cc1)c1ccc(N(C)C)cc1. The number of nitrogens with zero attached hydrogens (tertiary/aromatic N) is 4. The van der Waals surface area contributed by atoms with Gasteiger partial charge >= 0.3 is 0 Å². The lowest BCUT2D eigenvalue weighted by molar-refractivity contribution is -0.120. The number of carbonyl (C=O) groups excluding carboxylic acids is 1. The highest BCUT2D eigenvalue weighted by Gasteiger charge is 2.41. The number of rotatable bonds is 7. The Bertz CT molecular complexity index is 1330. The standard InChI is InChI=1S/C27H30N4O4S/c1-18-25(27(32)31(28-18)23-14-16-24(17-15-23)36(33,34)35)26(19-6-10-21(11-7-19)29(2)3)20-8-12-22(13-9-20)30(4)5/h6-17,25-26H,1-5H3,(H,33,34,35)/t25-/m1/s1. The first-order valence-electron chi connectivity index (χ1n) is 11.5. The smallest absolute Gasteiger partial charge is 0.294 e. The van der Waals surface area contributed by atoms with Crippen molar-refractivity contribution < 1.29 is 17.8 Å². The average Bonchev–Trinajstić information content (AvgIpc) is 3.13. The molecule has 0 bridgehead atoms. The number of amides is 1. The lowest BCUT2D eigenvalue weighted by Crippen LogP contribution is -2.32. The van der Waals surface area contributed by atoms with Gasteiger partial charge in [0.05, 0.1) is 16.5 Å². The van der Waals surface area contributed by atoms with E-state index < -0.39 is 16.0 Å². The summed E-state index contributed by atoms with van der Waals surface area (Å²) in [4.78, 5) is 17.6. The summed E-state index contributed by atoms with van der Waals surface area (Å²) in [6.45, 7) is 1.84. The van der Waals surface area contributed by atoms with Gasteiger partial charge in [-0.1, -0.05) is 24.3 Å². The van der Waals surface area contributed by atoms with Gasteiger partial charge in [0.2, 0.25) is 0 Å². The van der Waals surface area contributed by atoms with E-state index in [0.29, 0.717) is 11.4 Å². The number of hydrazone groups is 1. The first-order chi connectivity index (χ1) is 17.0. The molecule has 0 unspecified atom stereocenters. The Hall–Kier alpha value is -3.69. The molecule has 1 aliphatic heterocycles. The van der Waals surface area contributed by atoms with Crippen molar-refractivity contribution in [1.29, 1.82) is 0 Å². The molecule has 0 saturated carbocycles. The normalized spacial score (nSPS) is 15.9. The van der Waals surface area contributed by atoms with E-state index >= 15 is 0 Å². The van der Waals surface area contributed by atoms with Crippen LogP contribution in [0.4, 0.5) is 17.1 Å². The van der Waals surface area contributed by atoms with Crippen molar-refractivity contribution in [2.75, 3.05) is 43.0 Å². The largest absolute Gasteiger partial charge is 0.378 e. The van der Waals surface area contributed by atoms with Crippen LogP contribution in [0.15, 0.2) is 82.8 Å². The molecule has 9 heteroatoms. The molecule has 1 atom stereocenters. The van der Waals surface area contributed by atoms with Gasteiger partial charge in [0, 0.05) is 51.2 Å². The Kier molecular flexibility index (Phi) is 6.88. The van der Waals surface area contributed by atoms with Gasteiger partial charge in [-0.3, -0.25) is 9.35 Å². The fourth-order valence-corrected chi connectivity index (χ4v) is 4.92. The van der Waals surface area contributed by atoms with Crippen molar-refractivity contribution in [2.45, 2.75) is 17.7 Å². The molecule has 1 heterocycles. The van der Waals surface area contributed by atoms with Gasteiger partial charge in [-0.15, -0.1) is 0 Å². The second kappa shape index (κ2) is 9.75. The molecule has 4 rings (SSSR count). The van der Waals surface area contributed by atoms with Gasteiger partial charge in [0.15, 0.2) is 0 Å². The lowest BCUT2D eigenvalue weighted by atomic mass is 9.78. The molecular formula is C27H30N4O4S. The summed E-state index contributed by atoms with van der Waals surface area (Å²) in [7, 11) is 3.60. The summed E-state index contributed by atoms with van der Waals surface area (Å²) in [6, 6.07) is 21.8. The number of benzene rings is 3. The fourth-order valence-electron chi connectivity index (χ4n) is 4.44. The maximum atomic E-state index is 13.8. The molecule has 0 aliphatic carbocycles. The third kappa shape index (κ3) is 4.98. The first-order valence-corrected chi connectivity index (χ1v) is 12.9. The van der Waals surface area contributed by atoms with E-state index in [1.807, 2.05) is 93.4 Å². The van der Waals surface area contributed by atoms with Crippen LogP contribution >= 0.6 is 0 Å². The quantitative estimate of drug-likeness (QED) is 0.482. The average molecular weight is 507 g/mol. The zero-order chi connectivity index (χ0) is 26.2. The highest BCUT2D eigenvalue weighted by Crippen LogP contribution is 2.39. The highest BCUT2D eigenvalue weighted by atomic mass is 32.2. The fraction of sp³-hybridized carbons (Fsp3) is 0.259. The molecule has 1 N–H and O–H groups in total. The molecule has 0 fully saturated rings. The third-order valence-corrected chi connectivity index (χ3v) is 7.30. The lowest BCUT2D eigenvalue weighted by Gasteiger charge is -2.26. The summed E-state index contributed by atoms with van der Waals surface area (Å²) in [5.41, 5.74) is 5.20. The van der Waals surface area contributed by atoms with Gasteiger partial charge < -0.3 is 9.80 Å². The van der Waals surface area contributed by atoms with Crippen LogP contribution < -0.4 is 14.8 Å². The van der Waals surface area contributed by atoms with Crippen LogP contribution in [-0.2, 0) is 14.9 Å². The third-order valence-electron chi connectivity index (χ3n) is 6.43. The molecule has 0 aromatic heterocycles. The number of hydrogen-bond donors (Lipinski definition) is 1. The van der Waals surface area contributed by atoms with Crippen molar-refractivity contribution in [3.63, 3.8) is 0 Å². The zero-order valence-corrected chi connectivity index (χ0v) is 21.8. The molecule has 3 aromatic carbocycles. The van der Waals surface area contributed by atoms with Crippen LogP contribution in [0.3, 0.4) is 0 Å². The molecule has 0 saturated heterocycles. The highest BCUT2D eigenvalue weighted by molar-refractivity contribution is 7.85. The van der Waals surface area contributed by atoms with E-state index in [9.17, 15) is 17.8 Å². The van der Waals surface area contributed by atoms with Gasteiger partial charge in [-0.05, 0) is 66.6 Å². The van der Waals surface area contributed by atoms with Gasteiger partial charge in [-0.2, -0.15) is 13.5 Å². The van der Waals surface area contributed by atoms with Gasteiger partial charge in [0.1, 0.15) is 0 Å². The van der Waals surface area contributed by atoms with E-state index in [1.54, 1.807) is 0 Å². The van der Waals surface area contributed by atoms with Crippen LogP contribution in [-0.4, -0.2) is 52.8 Å². The van der Waals surface area contributed by atoms with E-state index in [1.165, 1.54) is 29.3 Å². The van der Waals surface area contributed by atoms with E-state index in [-0.39, 0.29) is 16.7 Å². The molecule has 188 valence electrons. The van der Waals surface area contributed by atoms with Crippen molar-refractivity contribution in [3.8, 4) is 0 Å². The Morgan fingerprint density at radius 3 is 1.64 bits per heavy atom. The Labute approximate surface area is 212 Å². The van der Waals surface area contributed by atoms with Crippen LogP contribution in [0.5, 0.6) is 0 Å². The van der Waals surface area contributed by atoms with E-state index in [4.69, 9.17) is 0 Å². The van der Waals surface area contributed by atoms with Gasteiger partial charge in [0.25, 0.3) is 16.0 Å². The molecule has 0 spiro atoms. The van der Waals surface area contributed by atoms with Crippen LogP contribution in [0.1, 0.15) is 24.0 Å². The second-order valence-corrected chi connectivity index (χ2v) is 10.7. The number of hydrogen-bond acceptors (Lipinski definition) is 6. The second-order valence-electron chi connectivity index (χ2n) is 9.29. The monoisotopic (exact) mass is 506 g/mol. The minimum atomic E-state index is -4.33. The summed E-state index contributed by atoms with van der Waals surface area (Å²) >= 11 is 0. The summed E-state index contributed by atoms with van der Waals surface area (Å²) in [6.07, 6.45) is 0. The Morgan fingerprint density at radius 2 is 1.25 bits per heavy atom. The van der Waals surface area contributed by atoms with Gasteiger partial charge in [-0.25, -0.2) is 5.01 Å². The van der Waals surface area contributed by atoms with Crippen LogP contribution in [0.25, 0.3) is 0 Å². The molecule has 0 radical (unpaired) electrons. The molecule has 36 heavy (non-hydrogen) atoms. The minimum absolute atomic E-state index is 0.203.